The molecule has 0 bridgehead atoms. The van der Waals surface area contributed by atoms with Crippen LogP contribution < -0.4 is 4.74 Å². The van der Waals surface area contributed by atoms with Gasteiger partial charge in [-0.2, -0.15) is 0 Å². The average molecular weight is 236 g/mol. The highest BCUT2D eigenvalue weighted by Crippen LogP contribution is 2.21. The van der Waals surface area contributed by atoms with Crippen molar-refractivity contribution in [1.29, 1.82) is 0 Å². The summed E-state index contributed by atoms with van der Waals surface area (Å²) in [4.78, 5) is 22.9. The number of ketones is 1. The van der Waals surface area contributed by atoms with E-state index in [2.05, 4.69) is 4.74 Å². The van der Waals surface area contributed by atoms with Crippen LogP contribution in [-0.2, 0) is 14.3 Å². The smallest absolute Gasteiger partial charge is 0.320 e. The standard InChI is InChI=1S/C13H16O4/c1-4-17-11-7-5-10(6-8-11)12(9(2)14)13(15)16-3/h5-8,12H,4H2,1-3H3. The van der Waals surface area contributed by atoms with E-state index in [1.165, 1.54) is 14.0 Å². The fraction of sp³-hybridized carbons (Fsp3) is 0.385. The van der Waals surface area contributed by atoms with Gasteiger partial charge in [-0.25, -0.2) is 0 Å². The SMILES string of the molecule is CCOc1ccc(C(C(C)=O)C(=O)OC)cc1. The van der Waals surface area contributed by atoms with Crippen LogP contribution in [0.3, 0.4) is 0 Å². The van der Waals surface area contributed by atoms with Crippen LogP contribution in [0.5, 0.6) is 5.75 Å². The second-order valence-corrected chi connectivity index (χ2v) is 3.57. The lowest BCUT2D eigenvalue weighted by molar-refractivity contribution is -0.145. The summed E-state index contributed by atoms with van der Waals surface area (Å²) < 4.78 is 9.90. The predicted octanol–water partition coefficient (Wildman–Crippen LogP) is 1.93. The van der Waals surface area contributed by atoms with E-state index in [1.807, 2.05) is 6.92 Å². The van der Waals surface area contributed by atoms with E-state index in [0.717, 1.165) is 0 Å². The molecule has 92 valence electrons. The molecular weight excluding hydrogens is 220 g/mol. The maximum absolute atomic E-state index is 11.5. The lowest BCUT2D eigenvalue weighted by atomic mass is 9.95. The van der Waals surface area contributed by atoms with Crippen LogP contribution in [0.1, 0.15) is 25.3 Å². The molecule has 1 aromatic rings. The van der Waals surface area contributed by atoms with E-state index < -0.39 is 11.9 Å². The Bertz CT molecular complexity index is 394. The third kappa shape index (κ3) is 3.31. The van der Waals surface area contributed by atoms with Crippen molar-refractivity contribution in [2.75, 3.05) is 13.7 Å². The fourth-order valence-corrected chi connectivity index (χ4v) is 1.58. The van der Waals surface area contributed by atoms with Gasteiger partial charge in [-0.15, -0.1) is 0 Å². The van der Waals surface area contributed by atoms with Gasteiger partial charge in [-0.3, -0.25) is 9.59 Å². The van der Waals surface area contributed by atoms with Crippen molar-refractivity contribution in [2.45, 2.75) is 19.8 Å². The van der Waals surface area contributed by atoms with Crippen molar-refractivity contribution >= 4 is 11.8 Å². The van der Waals surface area contributed by atoms with E-state index in [-0.39, 0.29) is 5.78 Å². The number of methoxy groups -OCH3 is 1. The van der Waals surface area contributed by atoms with Gasteiger partial charge in [-0.1, -0.05) is 12.1 Å². The third-order valence-corrected chi connectivity index (χ3v) is 2.37. The summed E-state index contributed by atoms with van der Waals surface area (Å²) in [6.45, 7) is 3.84. The molecule has 0 aliphatic heterocycles. The minimum Gasteiger partial charge on any atom is -0.494 e. The first kappa shape index (κ1) is 13.2. The molecule has 0 heterocycles. The van der Waals surface area contributed by atoms with Gasteiger partial charge < -0.3 is 9.47 Å². The van der Waals surface area contributed by atoms with E-state index >= 15 is 0 Å². The summed E-state index contributed by atoms with van der Waals surface area (Å²) in [6, 6.07) is 6.87. The topological polar surface area (TPSA) is 52.6 Å². The Morgan fingerprint density at radius 2 is 1.82 bits per heavy atom. The van der Waals surface area contributed by atoms with Crippen LogP contribution in [0, 0.1) is 0 Å². The number of carbonyl (C=O) groups excluding carboxylic acids is 2. The van der Waals surface area contributed by atoms with Crippen LogP contribution in [0.4, 0.5) is 0 Å². The second kappa shape index (κ2) is 6.03. The summed E-state index contributed by atoms with van der Waals surface area (Å²) in [6.07, 6.45) is 0. The molecule has 0 N–H and O–H groups in total. The number of esters is 1. The first-order valence-electron chi connectivity index (χ1n) is 5.41. The van der Waals surface area contributed by atoms with Crippen molar-refractivity contribution in [1.82, 2.24) is 0 Å². The molecular formula is C13H16O4. The molecule has 0 aliphatic carbocycles. The Hall–Kier alpha value is -1.84. The van der Waals surface area contributed by atoms with E-state index in [0.29, 0.717) is 17.9 Å². The van der Waals surface area contributed by atoms with Crippen molar-refractivity contribution in [2.24, 2.45) is 0 Å². The Kier molecular flexibility index (Phi) is 4.69. The van der Waals surface area contributed by atoms with Crippen molar-refractivity contribution in [3.05, 3.63) is 29.8 Å². The molecule has 1 atom stereocenters. The molecule has 0 saturated heterocycles. The Morgan fingerprint density at radius 1 is 1.24 bits per heavy atom. The summed E-state index contributed by atoms with van der Waals surface area (Å²) in [7, 11) is 1.27. The van der Waals surface area contributed by atoms with Gasteiger partial charge in [0.1, 0.15) is 17.5 Å². The number of ether oxygens (including phenoxy) is 2. The zero-order valence-corrected chi connectivity index (χ0v) is 10.2. The quantitative estimate of drug-likeness (QED) is 0.579. The molecule has 1 rings (SSSR count). The van der Waals surface area contributed by atoms with Crippen LogP contribution in [0.25, 0.3) is 0 Å². The molecule has 1 unspecified atom stereocenters. The zero-order valence-electron chi connectivity index (χ0n) is 10.2. The highest BCUT2D eigenvalue weighted by molar-refractivity contribution is 6.03. The summed E-state index contributed by atoms with van der Waals surface area (Å²) in [5, 5.41) is 0. The van der Waals surface area contributed by atoms with E-state index in [9.17, 15) is 9.59 Å². The van der Waals surface area contributed by atoms with Crippen LogP contribution in [0.15, 0.2) is 24.3 Å². The lowest BCUT2D eigenvalue weighted by Gasteiger charge is -2.12. The molecule has 4 heteroatoms. The molecule has 1 aromatic carbocycles. The predicted molar refractivity (Wildman–Crippen MR) is 63.0 cm³/mol. The number of carbonyl (C=O) groups is 2. The lowest BCUT2D eigenvalue weighted by Crippen LogP contribution is -2.21. The van der Waals surface area contributed by atoms with Gasteiger partial charge in [0.15, 0.2) is 0 Å². The molecule has 4 nitrogen and oxygen atoms in total. The second-order valence-electron chi connectivity index (χ2n) is 3.57. The Balaban J connectivity index is 2.95. The Morgan fingerprint density at radius 3 is 2.24 bits per heavy atom. The molecule has 0 aliphatic rings. The molecule has 0 spiro atoms. The highest BCUT2D eigenvalue weighted by atomic mass is 16.5. The summed E-state index contributed by atoms with van der Waals surface area (Å²) in [5.41, 5.74) is 0.618. The van der Waals surface area contributed by atoms with Gasteiger partial charge in [0.2, 0.25) is 0 Å². The minimum atomic E-state index is -0.851. The Labute approximate surface area is 101 Å². The zero-order chi connectivity index (χ0) is 12.8. The minimum absolute atomic E-state index is 0.235. The van der Waals surface area contributed by atoms with E-state index in [4.69, 9.17) is 4.74 Å². The molecule has 0 radical (unpaired) electrons. The number of Topliss-reactive ketones (excluding diaryl/α,β-unsaturated/α-hetero) is 1. The first-order valence-corrected chi connectivity index (χ1v) is 5.41. The van der Waals surface area contributed by atoms with Crippen molar-refractivity contribution in [3.63, 3.8) is 0 Å². The van der Waals surface area contributed by atoms with Gasteiger partial charge >= 0.3 is 5.97 Å². The van der Waals surface area contributed by atoms with E-state index in [1.54, 1.807) is 24.3 Å². The number of rotatable bonds is 5. The van der Waals surface area contributed by atoms with Gasteiger partial charge in [0.05, 0.1) is 13.7 Å². The average Bonchev–Trinajstić information content (AvgIpc) is 2.31. The fourth-order valence-electron chi connectivity index (χ4n) is 1.58. The molecule has 0 aromatic heterocycles. The van der Waals surface area contributed by atoms with Crippen LogP contribution >= 0.6 is 0 Å². The molecule has 0 fully saturated rings. The summed E-state index contributed by atoms with van der Waals surface area (Å²) in [5.74, 6) is -0.915. The van der Waals surface area contributed by atoms with Crippen molar-refractivity contribution < 1.29 is 19.1 Å². The third-order valence-electron chi connectivity index (χ3n) is 2.37. The first-order chi connectivity index (χ1) is 8.10. The monoisotopic (exact) mass is 236 g/mol. The molecule has 17 heavy (non-hydrogen) atoms. The highest BCUT2D eigenvalue weighted by Gasteiger charge is 2.25. The van der Waals surface area contributed by atoms with Crippen LogP contribution in [-0.4, -0.2) is 25.5 Å². The number of benzene rings is 1. The number of hydrogen-bond donors (Lipinski definition) is 0. The number of hydrogen-bond acceptors (Lipinski definition) is 4. The summed E-state index contributed by atoms with van der Waals surface area (Å²) >= 11 is 0. The maximum Gasteiger partial charge on any atom is 0.320 e. The molecule has 0 saturated carbocycles. The van der Waals surface area contributed by atoms with Gasteiger partial charge in [0, 0.05) is 0 Å². The normalized spacial score (nSPS) is 11.7. The van der Waals surface area contributed by atoms with Crippen LogP contribution in [0.2, 0.25) is 0 Å². The van der Waals surface area contributed by atoms with Gasteiger partial charge in [-0.05, 0) is 31.5 Å². The van der Waals surface area contributed by atoms with Gasteiger partial charge in [0.25, 0.3) is 0 Å². The largest absolute Gasteiger partial charge is 0.494 e. The maximum atomic E-state index is 11.5. The molecule has 0 amide bonds. The van der Waals surface area contributed by atoms with Crippen molar-refractivity contribution in [3.8, 4) is 5.75 Å².